The zero-order chi connectivity index (χ0) is 23.4. The van der Waals surface area contributed by atoms with Crippen molar-refractivity contribution in [3.8, 4) is 0 Å². The molecule has 4 rings (SSSR count). The van der Waals surface area contributed by atoms with Crippen molar-refractivity contribution in [2.24, 2.45) is 0 Å². The van der Waals surface area contributed by atoms with Crippen molar-refractivity contribution >= 4 is 39.1 Å². The number of anilines is 4. The first kappa shape index (κ1) is 22.7. The lowest BCUT2D eigenvalue weighted by atomic mass is 10.0. The fourth-order valence-electron chi connectivity index (χ4n) is 3.47. The summed E-state index contributed by atoms with van der Waals surface area (Å²) < 4.78 is 27.9. The lowest BCUT2D eigenvalue weighted by Crippen LogP contribution is -2.29. The molecule has 10 heteroatoms. The van der Waals surface area contributed by atoms with Crippen LogP contribution in [0.2, 0.25) is 0 Å². The maximum Gasteiger partial charge on any atom is 0.240 e. The quantitative estimate of drug-likeness (QED) is 0.376. The molecule has 0 bridgehead atoms. The predicted octanol–water partition coefficient (Wildman–Crippen LogP) is 3.11. The third-order valence-electron chi connectivity index (χ3n) is 5.16. The van der Waals surface area contributed by atoms with Crippen LogP contribution in [0.4, 0.5) is 23.1 Å². The van der Waals surface area contributed by atoms with Gasteiger partial charge in [0.15, 0.2) is 0 Å². The first-order chi connectivity index (χ1) is 15.8. The van der Waals surface area contributed by atoms with Gasteiger partial charge >= 0.3 is 0 Å². The highest BCUT2D eigenvalue weighted by molar-refractivity contribution is 7.89. The second kappa shape index (κ2) is 9.55. The minimum absolute atomic E-state index is 0.0575. The van der Waals surface area contributed by atoms with Crippen LogP contribution in [-0.4, -0.2) is 37.4 Å². The van der Waals surface area contributed by atoms with Crippen LogP contribution >= 0.6 is 0 Å². The molecule has 0 aliphatic carbocycles. The van der Waals surface area contributed by atoms with E-state index in [2.05, 4.69) is 30.6 Å². The van der Waals surface area contributed by atoms with Gasteiger partial charge < -0.3 is 16.0 Å². The van der Waals surface area contributed by atoms with E-state index in [1.165, 1.54) is 11.6 Å². The van der Waals surface area contributed by atoms with Crippen LogP contribution in [0.5, 0.6) is 0 Å². The van der Waals surface area contributed by atoms with Gasteiger partial charge in [0.1, 0.15) is 5.82 Å². The number of aromatic nitrogens is 2. The van der Waals surface area contributed by atoms with E-state index in [1.807, 2.05) is 44.2 Å². The summed E-state index contributed by atoms with van der Waals surface area (Å²) in [7, 11) is -3.68. The van der Waals surface area contributed by atoms with Crippen molar-refractivity contribution in [3.05, 3.63) is 65.4 Å². The Kier molecular flexibility index (Phi) is 6.57. The van der Waals surface area contributed by atoms with Gasteiger partial charge in [0.05, 0.1) is 4.90 Å². The second-order valence-corrected chi connectivity index (χ2v) is 9.67. The maximum atomic E-state index is 12.7. The Morgan fingerprint density at radius 2 is 1.76 bits per heavy atom. The van der Waals surface area contributed by atoms with E-state index in [0.29, 0.717) is 36.8 Å². The molecular weight excluding hydrogens is 440 g/mol. The molecular formula is C23H26N6O3S. The number of carbonyl (C=O) groups excluding carboxylic acids is 1. The second-order valence-electron chi connectivity index (χ2n) is 7.90. The zero-order valence-electron chi connectivity index (χ0n) is 18.5. The number of rotatable bonds is 8. The standard InChI is InChI=1S/C23H26N6O3S/c1-15-3-6-18(7-4-15)27-21-13-16(2)26-23(29-21)24-11-12-25-33(31,32)19-8-9-20-17(14-19)5-10-22(30)28-20/h3-4,6-9,13-14,25H,5,10-12H2,1-2H3,(H,28,30)(H2,24,26,27,29). The monoisotopic (exact) mass is 466 g/mol. The summed E-state index contributed by atoms with van der Waals surface area (Å²) in [5.41, 5.74) is 4.35. The fraction of sp³-hybridized carbons (Fsp3) is 0.261. The summed E-state index contributed by atoms with van der Waals surface area (Å²) in [6, 6.07) is 14.5. The topological polar surface area (TPSA) is 125 Å². The molecule has 0 spiro atoms. The third-order valence-corrected chi connectivity index (χ3v) is 6.62. The van der Waals surface area contributed by atoms with Gasteiger partial charge in [-0.3, -0.25) is 4.79 Å². The normalized spacial score (nSPS) is 13.2. The van der Waals surface area contributed by atoms with Gasteiger partial charge in [0, 0.05) is 42.6 Å². The molecule has 33 heavy (non-hydrogen) atoms. The Bertz CT molecular complexity index is 1280. The summed E-state index contributed by atoms with van der Waals surface area (Å²) in [4.78, 5) is 20.5. The Morgan fingerprint density at radius 1 is 0.970 bits per heavy atom. The average Bonchev–Trinajstić information content (AvgIpc) is 2.77. The molecule has 2 heterocycles. The van der Waals surface area contributed by atoms with Gasteiger partial charge in [-0.15, -0.1) is 0 Å². The molecule has 0 saturated carbocycles. The number of fused-ring (bicyclic) bond motifs is 1. The summed E-state index contributed by atoms with van der Waals surface area (Å²) >= 11 is 0. The lowest BCUT2D eigenvalue weighted by molar-refractivity contribution is -0.116. The van der Waals surface area contributed by atoms with E-state index in [4.69, 9.17) is 0 Å². The van der Waals surface area contributed by atoms with Gasteiger partial charge in [-0.25, -0.2) is 18.1 Å². The molecule has 1 aromatic heterocycles. The molecule has 3 aromatic rings. The Morgan fingerprint density at radius 3 is 2.55 bits per heavy atom. The smallest absolute Gasteiger partial charge is 0.240 e. The number of hydrogen-bond acceptors (Lipinski definition) is 7. The van der Waals surface area contributed by atoms with Crippen LogP contribution in [0.15, 0.2) is 53.4 Å². The van der Waals surface area contributed by atoms with Gasteiger partial charge in [-0.2, -0.15) is 4.98 Å². The Balaban J connectivity index is 1.34. The van der Waals surface area contributed by atoms with E-state index < -0.39 is 10.0 Å². The van der Waals surface area contributed by atoms with E-state index >= 15 is 0 Å². The number of sulfonamides is 1. The van der Waals surface area contributed by atoms with Crippen molar-refractivity contribution < 1.29 is 13.2 Å². The molecule has 0 saturated heterocycles. The van der Waals surface area contributed by atoms with Crippen LogP contribution in [0.25, 0.3) is 0 Å². The lowest BCUT2D eigenvalue weighted by Gasteiger charge is -2.17. The maximum absolute atomic E-state index is 12.7. The van der Waals surface area contributed by atoms with Crippen molar-refractivity contribution in [1.82, 2.24) is 14.7 Å². The Labute approximate surface area is 193 Å². The molecule has 1 aliphatic rings. The van der Waals surface area contributed by atoms with Gasteiger partial charge in [-0.1, -0.05) is 17.7 Å². The fourth-order valence-corrected chi connectivity index (χ4v) is 4.55. The van der Waals surface area contributed by atoms with Crippen LogP contribution in [0.1, 0.15) is 23.2 Å². The highest BCUT2D eigenvalue weighted by Gasteiger charge is 2.19. The molecule has 0 atom stereocenters. The van der Waals surface area contributed by atoms with Gasteiger partial charge in [-0.05, 0) is 56.2 Å². The van der Waals surface area contributed by atoms with Gasteiger partial charge in [0.25, 0.3) is 0 Å². The number of nitrogens with zero attached hydrogens (tertiary/aromatic N) is 2. The molecule has 4 N–H and O–H groups in total. The van der Waals surface area contributed by atoms with E-state index in [0.717, 1.165) is 16.9 Å². The summed E-state index contributed by atoms with van der Waals surface area (Å²) in [6.07, 6.45) is 0.876. The molecule has 0 radical (unpaired) electrons. The van der Waals surface area contributed by atoms with E-state index in [-0.39, 0.29) is 17.3 Å². The number of nitrogens with one attached hydrogen (secondary N) is 4. The summed E-state index contributed by atoms with van der Waals surface area (Å²) in [5, 5.41) is 9.06. The molecule has 172 valence electrons. The number of hydrogen-bond donors (Lipinski definition) is 4. The number of carbonyl (C=O) groups is 1. The van der Waals surface area contributed by atoms with Crippen LogP contribution < -0.4 is 20.7 Å². The van der Waals surface area contributed by atoms with Crippen LogP contribution in [0.3, 0.4) is 0 Å². The Hall–Kier alpha value is -3.50. The van der Waals surface area contributed by atoms with Crippen LogP contribution in [0, 0.1) is 13.8 Å². The largest absolute Gasteiger partial charge is 0.353 e. The van der Waals surface area contributed by atoms with Crippen molar-refractivity contribution in [3.63, 3.8) is 0 Å². The zero-order valence-corrected chi connectivity index (χ0v) is 19.3. The molecule has 1 aliphatic heterocycles. The highest BCUT2D eigenvalue weighted by Crippen LogP contribution is 2.25. The molecule has 2 aromatic carbocycles. The third kappa shape index (κ3) is 5.85. The number of benzene rings is 2. The summed E-state index contributed by atoms with van der Waals surface area (Å²) in [6.45, 7) is 4.37. The number of amides is 1. The van der Waals surface area contributed by atoms with E-state index in [9.17, 15) is 13.2 Å². The first-order valence-corrected chi connectivity index (χ1v) is 12.1. The molecule has 9 nitrogen and oxygen atoms in total. The summed E-state index contributed by atoms with van der Waals surface area (Å²) in [5.74, 6) is 1.00. The average molecular weight is 467 g/mol. The van der Waals surface area contributed by atoms with Crippen LogP contribution in [-0.2, 0) is 21.2 Å². The van der Waals surface area contributed by atoms with Crippen molar-refractivity contribution in [2.75, 3.05) is 29.0 Å². The van der Waals surface area contributed by atoms with Gasteiger partial charge in [0.2, 0.25) is 21.9 Å². The number of aryl methyl sites for hydroxylation is 3. The first-order valence-electron chi connectivity index (χ1n) is 10.6. The predicted molar refractivity (Wildman–Crippen MR) is 128 cm³/mol. The minimum atomic E-state index is -3.68. The molecule has 0 unspecified atom stereocenters. The molecule has 0 fully saturated rings. The van der Waals surface area contributed by atoms with Crippen molar-refractivity contribution in [1.29, 1.82) is 0 Å². The van der Waals surface area contributed by atoms with E-state index in [1.54, 1.807) is 12.1 Å². The minimum Gasteiger partial charge on any atom is -0.353 e. The SMILES string of the molecule is Cc1ccc(Nc2cc(C)nc(NCCNS(=O)(=O)c3ccc4c(c3)CCC(=O)N4)n2)cc1. The van der Waals surface area contributed by atoms with Crippen molar-refractivity contribution in [2.45, 2.75) is 31.6 Å². The highest BCUT2D eigenvalue weighted by atomic mass is 32.2. The molecule has 1 amide bonds.